The summed E-state index contributed by atoms with van der Waals surface area (Å²) in [4.78, 5) is 94.5. The predicted octanol–water partition coefficient (Wildman–Crippen LogP) is 10.4. The molecular weight excluding hydrogens is 897 g/mol. The van der Waals surface area contributed by atoms with E-state index < -0.39 is 53.5 Å². The van der Waals surface area contributed by atoms with E-state index in [4.69, 9.17) is 23.7 Å². The van der Waals surface area contributed by atoms with E-state index in [1.807, 2.05) is 12.2 Å². The van der Waals surface area contributed by atoms with Gasteiger partial charge in [0.05, 0.1) is 63.9 Å². The predicted molar refractivity (Wildman–Crippen MR) is 272 cm³/mol. The zero-order valence-corrected chi connectivity index (χ0v) is 37.0. The molecule has 402 valence electrons. The normalized spacial score (nSPS) is 38.9. The molecule has 20 atom stereocenters. The largest absolute Gasteiger partial charge is 0.469 e. The van der Waals surface area contributed by atoms with Crippen molar-refractivity contribution in [2.45, 2.75) is 126 Å². The van der Waals surface area contributed by atoms with Gasteiger partial charge in [0.2, 0.25) is 0 Å². The number of rotatable bonds is 6. The monoisotopic (exact) mass is 991 g/mol. The second-order valence-electron chi connectivity index (χ2n) is 19.6. The summed E-state index contributed by atoms with van der Waals surface area (Å²) >= 11 is 0. The average molecular weight is 991 g/mol. The molecule has 14 nitrogen and oxygen atoms in total. The topological polar surface area (TPSA) is 192 Å². The number of ether oxygens (including phenoxy) is 6. The van der Waals surface area contributed by atoms with Gasteiger partial charge in [0.25, 0.3) is 0 Å². The van der Waals surface area contributed by atoms with Crippen LogP contribution in [-0.4, -0.2) is 76.2 Å². The molecule has 8 aliphatic carbocycles. The van der Waals surface area contributed by atoms with Crippen molar-refractivity contribution in [2.75, 3.05) is 28.4 Å². The third-order valence-electron chi connectivity index (χ3n) is 16.9. The maximum Gasteiger partial charge on any atom is 0.338 e. The molecule has 0 aromatic carbocycles. The molecule has 10 rings (SSSR count). The summed E-state index contributed by atoms with van der Waals surface area (Å²) in [6.07, 6.45) is 17.7. The van der Waals surface area contributed by atoms with E-state index >= 15 is 0 Å². The Bertz CT molecular complexity index is 1870. The van der Waals surface area contributed by atoms with Crippen molar-refractivity contribution in [1.29, 1.82) is 0 Å². The highest BCUT2D eigenvalue weighted by atomic mass is 16.6. The van der Waals surface area contributed by atoms with Crippen molar-refractivity contribution < 1.29 is 66.8 Å². The first kappa shape index (κ1) is 67.5. The first-order chi connectivity index (χ1) is 29.5. The molecule has 7 fully saturated rings. The number of esters is 8. The standard InChI is InChI=1S/C25H34O7.C11H14O4.C8H12.C4H2O3.8CH4/c1-9-6-12-7-13(9)10(2)16(12)20-21(25(29)32-24(20)28)17-11(3)14-8-15(17)19(23(27)31-5)18(14)22(26)30-4;1-14-10(12)8-6-3-4-7(5-6)9(8)11(13)15-2;1-6-4-7-2-3-8(6)5-7;5-3-1-2-4(6)7-3;;;;;;;;/h9-21H,6-8H2,1-5H3;3-4,6-9H,5H2,1-2H3;2-3,6-8H,4-5H2,1H3;1-2H;8*1H4. The van der Waals surface area contributed by atoms with Crippen molar-refractivity contribution in [1.82, 2.24) is 0 Å². The van der Waals surface area contributed by atoms with E-state index in [1.165, 1.54) is 41.3 Å². The molecule has 0 spiro atoms. The molecule has 0 aromatic heterocycles. The Morgan fingerprint density at radius 3 is 1.23 bits per heavy atom. The van der Waals surface area contributed by atoms with Gasteiger partial charge in [-0.3, -0.25) is 28.8 Å². The van der Waals surface area contributed by atoms with E-state index in [2.05, 4.69) is 44.6 Å². The fraction of sp³-hybridized carbons (Fsp3) is 0.750. The van der Waals surface area contributed by atoms with Gasteiger partial charge in [-0.15, -0.1) is 0 Å². The number of hydrogen-bond acceptors (Lipinski definition) is 14. The van der Waals surface area contributed by atoms with Crippen LogP contribution in [-0.2, 0) is 66.8 Å². The number of hydrogen-bond donors (Lipinski definition) is 0. The molecule has 2 aliphatic heterocycles. The minimum Gasteiger partial charge on any atom is -0.469 e. The molecule has 10 aliphatic rings. The molecular formula is C56H94O14. The number of fused-ring (bicyclic) bond motifs is 8. The minimum atomic E-state index is -0.639. The van der Waals surface area contributed by atoms with Gasteiger partial charge in [-0.25, -0.2) is 9.59 Å². The van der Waals surface area contributed by atoms with Crippen LogP contribution in [0.1, 0.15) is 126 Å². The van der Waals surface area contributed by atoms with Crippen LogP contribution in [0.5, 0.6) is 0 Å². The molecule has 6 saturated carbocycles. The van der Waals surface area contributed by atoms with Crippen LogP contribution in [0.2, 0.25) is 0 Å². The van der Waals surface area contributed by atoms with Gasteiger partial charge in [-0.2, -0.15) is 0 Å². The molecule has 70 heavy (non-hydrogen) atoms. The summed E-state index contributed by atoms with van der Waals surface area (Å²) in [6.45, 7) is 8.94. The SMILES string of the molecule is C.C.C.C.C.C.C.C.CC1CC2C=CC1C2.COC(=O)C1C2C=CC(C2)C1C(=O)OC.COC(=O)C1C2CC(C1C(=O)OC)C(C1C(=O)OC(=O)C1C1C3CC(C)C(C3)C1C)C2C.O=C1C=CC(=O)O1. The first-order valence-electron chi connectivity index (χ1n) is 22.4. The molecule has 2 heterocycles. The number of methoxy groups -OCH3 is 4. The van der Waals surface area contributed by atoms with Gasteiger partial charge < -0.3 is 28.4 Å². The summed E-state index contributed by atoms with van der Waals surface area (Å²) in [5.41, 5.74) is 0. The highest BCUT2D eigenvalue weighted by Gasteiger charge is 2.69. The number of carbonyl (C=O) groups excluding carboxylic acids is 8. The van der Waals surface area contributed by atoms with E-state index in [0.29, 0.717) is 30.1 Å². The summed E-state index contributed by atoms with van der Waals surface area (Å²) < 4.78 is 28.8. The lowest BCUT2D eigenvalue weighted by Crippen LogP contribution is -2.48. The third-order valence-corrected chi connectivity index (χ3v) is 16.9. The van der Waals surface area contributed by atoms with Crippen LogP contribution in [0.25, 0.3) is 0 Å². The molecule has 0 aromatic rings. The fourth-order valence-electron chi connectivity index (χ4n) is 14.4. The lowest BCUT2D eigenvalue weighted by Gasteiger charge is -2.42. The van der Waals surface area contributed by atoms with E-state index in [1.54, 1.807) is 0 Å². The number of allylic oxidation sites excluding steroid dienone is 4. The third kappa shape index (κ3) is 12.2. The Morgan fingerprint density at radius 1 is 0.443 bits per heavy atom. The zero-order valence-electron chi connectivity index (χ0n) is 37.0. The van der Waals surface area contributed by atoms with Gasteiger partial charge >= 0.3 is 47.8 Å². The Morgan fingerprint density at radius 2 is 0.871 bits per heavy atom. The van der Waals surface area contributed by atoms with Crippen LogP contribution in [0.4, 0.5) is 0 Å². The molecule has 0 radical (unpaired) electrons. The quantitative estimate of drug-likeness (QED) is 0.106. The Kier molecular flexibility index (Phi) is 26.3. The van der Waals surface area contributed by atoms with Crippen molar-refractivity contribution in [3.8, 4) is 0 Å². The summed E-state index contributed by atoms with van der Waals surface area (Å²) in [5, 5.41) is 0. The second-order valence-corrected chi connectivity index (χ2v) is 19.6. The van der Waals surface area contributed by atoms with E-state index in [-0.39, 0.29) is 131 Å². The Hall–Kier alpha value is -4.62. The number of cyclic esters (lactones) is 4. The van der Waals surface area contributed by atoms with Gasteiger partial charge in [0.15, 0.2) is 0 Å². The van der Waals surface area contributed by atoms with E-state index in [9.17, 15) is 38.4 Å². The summed E-state index contributed by atoms with van der Waals surface area (Å²) in [6, 6.07) is 0. The molecule has 1 saturated heterocycles. The lowest BCUT2D eigenvalue weighted by molar-refractivity contribution is -0.164. The second kappa shape index (κ2) is 27.3. The molecule has 0 amide bonds. The fourth-order valence-corrected chi connectivity index (χ4v) is 14.4. The molecule has 20 unspecified atom stereocenters. The van der Waals surface area contributed by atoms with Crippen LogP contribution in [0.15, 0.2) is 36.5 Å². The minimum absolute atomic E-state index is 0. The highest BCUT2D eigenvalue weighted by molar-refractivity contribution is 6.05. The summed E-state index contributed by atoms with van der Waals surface area (Å²) in [7, 11) is 5.37. The van der Waals surface area contributed by atoms with Gasteiger partial charge in [0, 0.05) is 12.2 Å². The maximum absolute atomic E-state index is 13.1. The Labute approximate surface area is 422 Å². The maximum atomic E-state index is 13.1. The molecule has 8 bridgehead atoms. The lowest BCUT2D eigenvalue weighted by atomic mass is 9.59. The van der Waals surface area contributed by atoms with Crippen molar-refractivity contribution in [2.24, 2.45) is 118 Å². The van der Waals surface area contributed by atoms with Crippen molar-refractivity contribution >= 4 is 47.8 Å². The highest BCUT2D eigenvalue weighted by Crippen LogP contribution is 2.65. The molecule has 0 N–H and O–H groups in total. The van der Waals surface area contributed by atoms with Crippen molar-refractivity contribution in [3.05, 3.63) is 36.5 Å². The number of carbonyl (C=O) groups is 8. The first-order valence-corrected chi connectivity index (χ1v) is 22.4. The van der Waals surface area contributed by atoms with Crippen LogP contribution < -0.4 is 0 Å². The van der Waals surface area contributed by atoms with Crippen molar-refractivity contribution in [3.63, 3.8) is 0 Å². The Balaban J connectivity index is 0. The van der Waals surface area contributed by atoms with Gasteiger partial charge in [-0.1, -0.05) is 111 Å². The smallest absolute Gasteiger partial charge is 0.338 e. The summed E-state index contributed by atoms with van der Waals surface area (Å²) in [5.74, 6) is -1.26. The molecule has 14 heteroatoms. The van der Waals surface area contributed by atoms with Gasteiger partial charge in [-0.05, 0) is 121 Å². The zero-order chi connectivity index (χ0) is 44.9. The van der Waals surface area contributed by atoms with Gasteiger partial charge in [0.1, 0.15) is 0 Å². The van der Waals surface area contributed by atoms with Crippen LogP contribution in [0, 0.1) is 118 Å². The van der Waals surface area contributed by atoms with Crippen LogP contribution in [0.3, 0.4) is 0 Å². The average Bonchev–Trinajstić information content (AvgIpc) is 4.12. The van der Waals surface area contributed by atoms with Crippen LogP contribution >= 0.6 is 0 Å². The van der Waals surface area contributed by atoms with E-state index in [0.717, 1.165) is 49.2 Å².